The SMILES string of the molecule is Cc1cccnc1CC(C)NC(=O)c1csc2nc(-c3cccc(F)c3)cn12. The van der Waals surface area contributed by atoms with Gasteiger partial charge in [0.25, 0.3) is 5.91 Å². The normalized spacial score (nSPS) is 12.2. The van der Waals surface area contributed by atoms with Gasteiger partial charge in [0, 0.05) is 41.5 Å². The summed E-state index contributed by atoms with van der Waals surface area (Å²) in [5.74, 6) is -0.485. The molecule has 1 N–H and O–H groups in total. The highest BCUT2D eigenvalue weighted by molar-refractivity contribution is 7.15. The van der Waals surface area contributed by atoms with Gasteiger partial charge in [0.05, 0.1) is 5.69 Å². The van der Waals surface area contributed by atoms with Crippen LogP contribution in [0.25, 0.3) is 16.2 Å². The van der Waals surface area contributed by atoms with Crippen molar-refractivity contribution in [3.8, 4) is 11.3 Å². The van der Waals surface area contributed by atoms with E-state index in [-0.39, 0.29) is 17.8 Å². The summed E-state index contributed by atoms with van der Waals surface area (Å²) in [5, 5.41) is 4.81. The van der Waals surface area contributed by atoms with Crippen LogP contribution >= 0.6 is 11.3 Å². The molecule has 5 nitrogen and oxygen atoms in total. The number of nitrogens with one attached hydrogen (secondary N) is 1. The van der Waals surface area contributed by atoms with E-state index in [2.05, 4.69) is 15.3 Å². The third-order valence-electron chi connectivity index (χ3n) is 4.56. The van der Waals surface area contributed by atoms with E-state index in [4.69, 9.17) is 0 Å². The summed E-state index contributed by atoms with van der Waals surface area (Å²) in [5.41, 5.74) is 3.91. The average Bonchev–Trinajstić information content (AvgIpc) is 3.24. The molecule has 4 rings (SSSR count). The topological polar surface area (TPSA) is 59.3 Å². The molecular formula is C21H19FN4OS. The van der Waals surface area contributed by atoms with Crippen molar-refractivity contribution < 1.29 is 9.18 Å². The smallest absolute Gasteiger partial charge is 0.269 e. The summed E-state index contributed by atoms with van der Waals surface area (Å²) in [7, 11) is 0. The Labute approximate surface area is 165 Å². The Morgan fingerprint density at radius 3 is 2.96 bits per heavy atom. The van der Waals surface area contributed by atoms with Crippen molar-refractivity contribution in [2.24, 2.45) is 0 Å². The largest absolute Gasteiger partial charge is 0.348 e. The lowest BCUT2D eigenvalue weighted by atomic mass is 10.1. The predicted octanol–water partition coefficient (Wildman–Crippen LogP) is 4.27. The number of hydrogen-bond donors (Lipinski definition) is 1. The van der Waals surface area contributed by atoms with Gasteiger partial charge in [-0.1, -0.05) is 18.2 Å². The van der Waals surface area contributed by atoms with Gasteiger partial charge in [0.15, 0.2) is 4.96 Å². The van der Waals surface area contributed by atoms with Crippen LogP contribution in [0.3, 0.4) is 0 Å². The quantitative estimate of drug-likeness (QED) is 0.550. The highest BCUT2D eigenvalue weighted by atomic mass is 32.1. The number of hydrogen-bond acceptors (Lipinski definition) is 4. The molecule has 7 heteroatoms. The minimum atomic E-state index is -0.314. The molecule has 1 unspecified atom stereocenters. The monoisotopic (exact) mass is 394 g/mol. The van der Waals surface area contributed by atoms with Crippen LogP contribution in [0.2, 0.25) is 0 Å². The van der Waals surface area contributed by atoms with Crippen molar-refractivity contribution in [2.45, 2.75) is 26.3 Å². The number of carbonyl (C=O) groups excluding carboxylic acids is 1. The lowest BCUT2D eigenvalue weighted by Gasteiger charge is -2.14. The van der Waals surface area contributed by atoms with Crippen LogP contribution < -0.4 is 5.32 Å². The number of pyridine rings is 1. The highest BCUT2D eigenvalue weighted by Crippen LogP contribution is 2.24. The molecule has 3 heterocycles. The first-order valence-electron chi connectivity index (χ1n) is 8.95. The molecule has 0 saturated carbocycles. The molecule has 0 aliphatic rings. The lowest BCUT2D eigenvalue weighted by molar-refractivity contribution is 0.0934. The fourth-order valence-corrected chi connectivity index (χ4v) is 3.96. The number of imidazole rings is 1. The van der Waals surface area contributed by atoms with Gasteiger partial charge in [-0.2, -0.15) is 0 Å². The van der Waals surface area contributed by atoms with Crippen LogP contribution in [-0.4, -0.2) is 26.3 Å². The van der Waals surface area contributed by atoms with Crippen molar-refractivity contribution in [1.82, 2.24) is 19.7 Å². The molecule has 0 aliphatic heterocycles. The molecule has 28 heavy (non-hydrogen) atoms. The number of halogens is 1. The number of aryl methyl sites for hydroxylation is 1. The van der Waals surface area contributed by atoms with Crippen molar-refractivity contribution in [1.29, 1.82) is 0 Å². The molecule has 0 radical (unpaired) electrons. The van der Waals surface area contributed by atoms with Gasteiger partial charge in [0.1, 0.15) is 11.5 Å². The fraction of sp³-hybridized carbons (Fsp3) is 0.190. The zero-order chi connectivity index (χ0) is 19.7. The van der Waals surface area contributed by atoms with Gasteiger partial charge in [0.2, 0.25) is 0 Å². The number of fused-ring (bicyclic) bond motifs is 1. The number of benzene rings is 1. The van der Waals surface area contributed by atoms with Gasteiger partial charge in [-0.25, -0.2) is 9.37 Å². The van der Waals surface area contributed by atoms with Gasteiger partial charge in [-0.15, -0.1) is 11.3 Å². The number of nitrogens with zero attached hydrogens (tertiary/aromatic N) is 3. The summed E-state index contributed by atoms with van der Waals surface area (Å²) >= 11 is 1.38. The summed E-state index contributed by atoms with van der Waals surface area (Å²) in [4.78, 5) is 22.4. The van der Waals surface area contributed by atoms with Crippen LogP contribution in [0.5, 0.6) is 0 Å². The predicted molar refractivity (Wildman–Crippen MR) is 108 cm³/mol. The van der Waals surface area contributed by atoms with E-state index in [9.17, 15) is 9.18 Å². The third kappa shape index (κ3) is 3.66. The fourth-order valence-electron chi connectivity index (χ4n) is 3.10. The third-order valence-corrected chi connectivity index (χ3v) is 5.40. The number of aromatic nitrogens is 3. The second kappa shape index (κ2) is 7.52. The van der Waals surface area contributed by atoms with Crippen LogP contribution in [0.1, 0.15) is 28.7 Å². The summed E-state index contributed by atoms with van der Waals surface area (Å²) in [6, 6.07) is 10.1. The molecule has 0 bridgehead atoms. The van der Waals surface area contributed by atoms with Gasteiger partial charge in [-0.3, -0.25) is 14.2 Å². The van der Waals surface area contributed by atoms with E-state index >= 15 is 0 Å². The Morgan fingerprint density at radius 1 is 1.32 bits per heavy atom. The maximum Gasteiger partial charge on any atom is 0.269 e. The van der Waals surface area contributed by atoms with Crippen LogP contribution in [0.15, 0.2) is 54.2 Å². The summed E-state index contributed by atoms with van der Waals surface area (Å²) in [6.45, 7) is 3.97. The van der Waals surface area contributed by atoms with E-state index in [1.165, 1.54) is 23.5 Å². The zero-order valence-electron chi connectivity index (χ0n) is 15.5. The number of carbonyl (C=O) groups is 1. The standard InChI is InChI=1S/C21H19FN4OS/c1-13-5-4-8-23-17(13)9-14(2)24-20(27)19-12-28-21-25-18(11-26(19)21)15-6-3-7-16(22)10-15/h3-8,10-12,14H,9H2,1-2H3,(H,24,27). The first-order chi connectivity index (χ1) is 13.5. The zero-order valence-corrected chi connectivity index (χ0v) is 16.3. The highest BCUT2D eigenvalue weighted by Gasteiger charge is 2.18. The van der Waals surface area contributed by atoms with Gasteiger partial charge < -0.3 is 5.32 Å². The van der Waals surface area contributed by atoms with Crippen molar-refractivity contribution in [3.05, 3.63) is 76.9 Å². The molecule has 0 spiro atoms. The van der Waals surface area contributed by atoms with Gasteiger partial charge >= 0.3 is 0 Å². The first kappa shape index (κ1) is 18.3. The number of thiazole rings is 1. The van der Waals surface area contributed by atoms with Crippen molar-refractivity contribution in [3.63, 3.8) is 0 Å². The van der Waals surface area contributed by atoms with E-state index in [1.807, 2.05) is 26.0 Å². The minimum absolute atomic E-state index is 0.0674. The Kier molecular flexibility index (Phi) is 4.92. The van der Waals surface area contributed by atoms with Crippen molar-refractivity contribution in [2.75, 3.05) is 0 Å². The van der Waals surface area contributed by atoms with E-state index < -0.39 is 0 Å². The Bertz CT molecular complexity index is 1150. The summed E-state index contributed by atoms with van der Waals surface area (Å²) < 4.78 is 15.2. The molecule has 0 saturated heterocycles. The maximum absolute atomic E-state index is 13.5. The lowest BCUT2D eigenvalue weighted by Crippen LogP contribution is -2.35. The Morgan fingerprint density at radius 2 is 2.18 bits per heavy atom. The van der Waals surface area contributed by atoms with E-state index in [0.717, 1.165) is 11.3 Å². The number of rotatable bonds is 5. The Balaban J connectivity index is 1.53. The molecule has 1 atom stereocenters. The molecule has 1 aromatic carbocycles. The van der Waals surface area contributed by atoms with Crippen LogP contribution in [-0.2, 0) is 6.42 Å². The molecule has 0 aliphatic carbocycles. The second-order valence-corrected chi connectivity index (χ2v) is 7.59. The van der Waals surface area contributed by atoms with Crippen LogP contribution in [0.4, 0.5) is 4.39 Å². The summed E-state index contributed by atoms with van der Waals surface area (Å²) in [6.07, 6.45) is 4.19. The Hall–Kier alpha value is -3.06. The molecular weight excluding hydrogens is 375 g/mol. The van der Waals surface area contributed by atoms with Crippen LogP contribution in [0, 0.1) is 12.7 Å². The van der Waals surface area contributed by atoms with E-state index in [1.54, 1.807) is 34.3 Å². The van der Waals surface area contributed by atoms with E-state index in [0.29, 0.717) is 28.3 Å². The molecule has 1 amide bonds. The first-order valence-corrected chi connectivity index (χ1v) is 9.83. The molecule has 0 fully saturated rings. The average molecular weight is 394 g/mol. The maximum atomic E-state index is 13.5. The molecule has 3 aromatic heterocycles. The molecule has 4 aromatic rings. The van der Waals surface area contributed by atoms with Crippen molar-refractivity contribution >= 4 is 22.2 Å². The number of amides is 1. The second-order valence-electron chi connectivity index (χ2n) is 6.76. The van der Waals surface area contributed by atoms with Gasteiger partial charge in [-0.05, 0) is 37.6 Å². The molecule has 142 valence electrons. The minimum Gasteiger partial charge on any atom is -0.348 e.